The van der Waals surface area contributed by atoms with Crippen LogP contribution in [0.15, 0.2) is 229 Å². The third kappa shape index (κ3) is 5.47. The van der Waals surface area contributed by atoms with Gasteiger partial charge in [-0.2, -0.15) is 0 Å². The van der Waals surface area contributed by atoms with Gasteiger partial charge in [0.05, 0.1) is 38.8 Å². The van der Waals surface area contributed by atoms with Gasteiger partial charge in [-0.3, -0.25) is 13.9 Å². The number of pyridine rings is 1. The van der Waals surface area contributed by atoms with E-state index in [1.54, 1.807) is 0 Å². The van der Waals surface area contributed by atoms with E-state index in [2.05, 4.69) is 155 Å². The average Bonchev–Trinajstić information content (AvgIpc) is 3.92. The van der Waals surface area contributed by atoms with Crippen molar-refractivity contribution in [2.24, 2.45) is 0 Å². The first-order valence-electron chi connectivity index (χ1n) is 22.6. The van der Waals surface area contributed by atoms with E-state index in [-0.39, 0.29) is 5.56 Å². The number of aromatic nitrogens is 5. The van der Waals surface area contributed by atoms with Gasteiger partial charge in [0.15, 0.2) is 0 Å². The Labute approximate surface area is 383 Å². The Morgan fingerprint density at radius 3 is 1.45 bits per heavy atom. The summed E-state index contributed by atoms with van der Waals surface area (Å²) in [6, 6.07) is 78.1. The minimum atomic E-state index is -0.0873. The third-order valence-corrected chi connectivity index (χ3v) is 13.6. The van der Waals surface area contributed by atoms with E-state index in [0.717, 1.165) is 99.0 Å². The van der Waals surface area contributed by atoms with Crippen molar-refractivity contribution in [3.05, 3.63) is 235 Å². The lowest BCUT2D eigenvalue weighted by Gasteiger charge is -2.18. The molecule has 0 saturated carbocycles. The lowest BCUT2D eigenvalue weighted by atomic mass is 9.94. The zero-order valence-corrected chi connectivity index (χ0v) is 36.0. The van der Waals surface area contributed by atoms with Crippen LogP contribution in [0, 0.1) is 0 Å². The number of hydrogen-bond acceptors (Lipinski definition) is 3. The van der Waals surface area contributed by atoms with Crippen LogP contribution in [0.5, 0.6) is 0 Å². The average molecular weight is 856 g/mol. The normalized spacial score (nSPS) is 11.9. The van der Waals surface area contributed by atoms with Crippen LogP contribution < -0.4 is 5.56 Å². The van der Waals surface area contributed by atoms with E-state index in [1.807, 2.05) is 83.4 Å². The summed E-state index contributed by atoms with van der Waals surface area (Å²) in [5.41, 5.74) is 11.6. The van der Waals surface area contributed by atoms with E-state index in [1.165, 1.54) is 16.3 Å². The van der Waals surface area contributed by atoms with Crippen molar-refractivity contribution in [2.45, 2.75) is 0 Å². The predicted molar refractivity (Wildman–Crippen MR) is 277 cm³/mol. The predicted octanol–water partition coefficient (Wildman–Crippen LogP) is 14.8. The molecule has 6 heteroatoms. The van der Waals surface area contributed by atoms with Gasteiger partial charge in [0.25, 0.3) is 5.56 Å². The first kappa shape index (κ1) is 37.3. The second kappa shape index (κ2) is 14.4. The summed E-state index contributed by atoms with van der Waals surface area (Å²) in [5, 5.41) is 10.1. The van der Waals surface area contributed by atoms with Gasteiger partial charge in [0, 0.05) is 54.6 Å². The summed E-state index contributed by atoms with van der Waals surface area (Å²) >= 11 is 0. The van der Waals surface area contributed by atoms with E-state index >= 15 is 4.79 Å². The Bertz CT molecular complexity index is 4400. The fourth-order valence-corrected chi connectivity index (χ4v) is 10.8. The second-order valence-corrected chi connectivity index (χ2v) is 17.3. The Balaban J connectivity index is 1.16. The molecular weight excluding hydrogens is 819 g/mol. The van der Waals surface area contributed by atoms with Crippen LogP contribution in [-0.2, 0) is 0 Å². The summed E-state index contributed by atoms with van der Waals surface area (Å²) in [4.78, 5) is 26.2. The van der Waals surface area contributed by atoms with E-state index < -0.39 is 0 Å². The summed E-state index contributed by atoms with van der Waals surface area (Å²) in [7, 11) is 0. The summed E-state index contributed by atoms with van der Waals surface area (Å²) < 4.78 is 6.48. The molecule has 0 unspecified atom stereocenters. The van der Waals surface area contributed by atoms with E-state index in [0.29, 0.717) is 11.3 Å². The van der Waals surface area contributed by atoms with Crippen molar-refractivity contribution in [3.63, 3.8) is 0 Å². The maximum atomic E-state index is 15.3. The SMILES string of the molecule is O=c1c2ccccc2c2c3ccccc3c3c4cc(-c5ccc6c(c5)c5ccccc5n6-c5ccccc5)ccc4n(-c4nc(-c5ccccc5)c5ccccc5n4)c3c2n1-c1ccccc1. The van der Waals surface area contributed by atoms with Crippen molar-refractivity contribution in [1.82, 2.24) is 23.7 Å². The van der Waals surface area contributed by atoms with Crippen LogP contribution >= 0.6 is 0 Å². The molecule has 4 aromatic heterocycles. The van der Waals surface area contributed by atoms with Gasteiger partial charge >= 0.3 is 0 Å². The highest BCUT2D eigenvalue weighted by Gasteiger charge is 2.26. The topological polar surface area (TPSA) is 57.6 Å². The smallest absolute Gasteiger partial charge is 0.263 e. The highest BCUT2D eigenvalue weighted by molar-refractivity contribution is 6.35. The van der Waals surface area contributed by atoms with Gasteiger partial charge in [0.1, 0.15) is 0 Å². The lowest BCUT2D eigenvalue weighted by Crippen LogP contribution is -2.20. The fraction of sp³-hybridized carbons (Fsp3) is 0. The number of nitrogens with zero attached hydrogens (tertiary/aromatic N) is 5. The molecule has 10 aromatic carbocycles. The van der Waals surface area contributed by atoms with Crippen LogP contribution in [0.1, 0.15) is 0 Å². The van der Waals surface area contributed by atoms with Gasteiger partial charge in [-0.15, -0.1) is 0 Å². The molecule has 14 rings (SSSR count). The number of fused-ring (bicyclic) bond motifs is 14. The summed E-state index contributed by atoms with van der Waals surface area (Å²) in [6.07, 6.45) is 0. The Morgan fingerprint density at radius 2 is 0.776 bits per heavy atom. The quantitative estimate of drug-likeness (QED) is 0.162. The van der Waals surface area contributed by atoms with Crippen LogP contribution in [0.2, 0.25) is 0 Å². The van der Waals surface area contributed by atoms with Gasteiger partial charge < -0.3 is 4.57 Å². The minimum absolute atomic E-state index is 0.0873. The number of para-hydroxylation sites is 4. The van der Waals surface area contributed by atoms with E-state index in [4.69, 9.17) is 9.97 Å². The monoisotopic (exact) mass is 855 g/mol. The van der Waals surface area contributed by atoms with Crippen molar-refractivity contribution in [3.8, 4) is 39.7 Å². The van der Waals surface area contributed by atoms with Crippen LogP contribution in [-0.4, -0.2) is 23.7 Å². The molecule has 0 bridgehead atoms. The molecule has 0 aliphatic heterocycles. The van der Waals surface area contributed by atoms with E-state index in [9.17, 15) is 0 Å². The number of hydrogen-bond donors (Lipinski definition) is 0. The molecule has 0 radical (unpaired) electrons. The summed E-state index contributed by atoms with van der Waals surface area (Å²) in [5.74, 6) is 0.525. The molecule has 0 aliphatic rings. The Kier molecular flexibility index (Phi) is 8.03. The third-order valence-electron chi connectivity index (χ3n) is 13.6. The van der Waals surface area contributed by atoms with Crippen LogP contribution in [0.3, 0.4) is 0 Å². The lowest BCUT2D eigenvalue weighted by molar-refractivity contribution is 1.01. The fourth-order valence-electron chi connectivity index (χ4n) is 10.8. The van der Waals surface area contributed by atoms with Gasteiger partial charge in [-0.05, 0) is 94.0 Å². The number of rotatable bonds is 5. The molecule has 312 valence electrons. The number of benzene rings is 10. The second-order valence-electron chi connectivity index (χ2n) is 17.3. The molecule has 0 N–H and O–H groups in total. The minimum Gasteiger partial charge on any atom is -0.309 e. The largest absolute Gasteiger partial charge is 0.309 e. The zero-order valence-electron chi connectivity index (χ0n) is 36.0. The molecule has 0 atom stereocenters. The van der Waals surface area contributed by atoms with Gasteiger partial charge in [-0.25, -0.2) is 9.97 Å². The van der Waals surface area contributed by atoms with Crippen LogP contribution in [0.25, 0.3) is 127 Å². The van der Waals surface area contributed by atoms with Gasteiger partial charge in [0.2, 0.25) is 5.95 Å². The molecule has 6 nitrogen and oxygen atoms in total. The highest BCUT2D eigenvalue weighted by atomic mass is 16.1. The highest BCUT2D eigenvalue weighted by Crippen LogP contribution is 2.46. The molecule has 0 aliphatic carbocycles. The molecule has 67 heavy (non-hydrogen) atoms. The van der Waals surface area contributed by atoms with Crippen molar-refractivity contribution in [1.29, 1.82) is 0 Å². The van der Waals surface area contributed by atoms with Gasteiger partial charge in [-0.1, -0.05) is 158 Å². The Hall–Kier alpha value is -9.13. The zero-order chi connectivity index (χ0) is 44.2. The van der Waals surface area contributed by atoms with Crippen molar-refractivity contribution >= 4 is 87.0 Å². The summed E-state index contributed by atoms with van der Waals surface area (Å²) in [6.45, 7) is 0. The standard InChI is InChI=1S/C61H37N5O/c67-60-47-28-13-12-27-46(47)55-44-25-10-11-26-45(44)56-50-37-40(39-32-34-53-49(36-39)43-24-15-17-31-52(43)64(53)41-20-6-2-7-21-41)33-35-54(50)66(59(56)58(55)65(60)42-22-8-3-9-23-42)61-62-51-30-16-14-29-48(51)57(63-61)38-18-4-1-5-19-38/h1-37H. The van der Waals surface area contributed by atoms with Crippen molar-refractivity contribution < 1.29 is 0 Å². The molecule has 0 amide bonds. The molecule has 0 saturated heterocycles. The molecule has 0 fully saturated rings. The molecule has 0 spiro atoms. The first-order chi connectivity index (χ1) is 33.2. The van der Waals surface area contributed by atoms with Crippen LogP contribution in [0.4, 0.5) is 0 Å². The molecule has 4 heterocycles. The molecular formula is C61H37N5O. The van der Waals surface area contributed by atoms with Crippen molar-refractivity contribution in [2.75, 3.05) is 0 Å². The maximum Gasteiger partial charge on any atom is 0.263 e. The maximum absolute atomic E-state index is 15.3. The Morgan fingerprint density at radius 1 is 0.313 bits per heavy atom. The first-order valence-corrected chi connectivity index (χ1v) is 22.6. The molecule has 14 aromatic rings.